The lowest BCUT2D eigenvalue weighted by molar-refractivity contribution is -0.126. The minimum absolute atomic E-state index is 0.0210. The fraction of sp³-hybridized carbons (Fsp3) is 0.909. The van der Waals surface area contributed by atoms with Gasteiger partial charge in [-0.3, -0.25) is 4.79 Å². The van der Waals surface area contributed by atoms with Crippen molar-refractivity contribution >= 4 is 5.91 Å². The molecule has 0 aliphatic heterocycles. The van der Waals surface area contributed by atoms with Gasteiger partial charge in [0.15, 0.2) is 0 Å². The summed E-state index contributed by atoms with van der Waals surface area (Å²) in [5, 5.41) is 12.1. The second-order valence-corrected chi connectivity index (χ2v) is 5.02. The van der Waals surface area contributed by atoms with Gasteiger partial charge >= 0.3 is 0 Å². The molecule has 1 fully saturated rings. The molecule has 1 rings (SSSR count). The Morgan fingerprint density at radius 1 is 1.53 bits per heavy atom. The molecule has 0 aromatic carbocycles. The van der Waals surface area contributed by atoms with Crippen LogP contribution in [0.5, 0.6) is 0 Å². The van der Waals surface area contributed by atoms with Crippen LogP contribution in [0.4, 0.5) is 0 Å². The lowest BCUT2D eigenvalue weighted by Crippen LogP contribution is -2.59. The van der Waals surface area contributed by atoms with Gasteiger partial charge in [0.25, 0.3) is 0 Å². The molecule has 0 saturated heterocycles. The molecule has 1 aliphatic carbocycles. The number of aliphatic hydroxyl groups is 1. The van der Waals surface area contributed by atoms with Gasteiger partial charge in [-0.15, -0.1) is 0 Å². The van der Waals surface area contributed by atoms with Crippen molar-refractivity contribution in [1.82, 2.24) is 5.32 Å². The van der Waals surface area contributed by atoms with Crippen LogP contribution in [-0.2, 0) is 4.79 Å². The minimum atomic E-state index is -0.450. The molecule has 1 amide bonds. The number of rotatable bonds is 5. The molecule has 1 saturated carbocycles. The van der Waals surface area contributed by atoms with E-state index in [0.717, 1.165) is 19.3 Å². The second kappa shape index (κ2) is 4.94. The van der Waals surface area contributed by atoms with Crippen LogP contribution in [0.25, 0.3) is 0 Å². The van der Waals surface area contributed by atoms with E-state index in [4.69, 9.17) is 5.73 Å². The first-order chi connectivity index (χ1) is 6.99. The van der Waals surface area contributed by atoms with Gasteiger partial charge in [0, 0.05) is 0 Å². The molecule has 15 heavy (non-hydrogen) atoms. The Labute approximate surface area is 91.2 Å². The van der Waals surface area contributed by atoms with E-state index in [2.05, 4.69) is 5.32 Å². The van der Waals surface area contributed by atoms with E-state index >= 15 is 0 Å². The summed E-state index contributed by atoms with van der Waals surface area (Å²) in [6.45, 7) is 4.10. The van der Waals surface area contributed by atoms with Gasteiger partial charge in [0.1, 0.15) is 0 Å². The third-order valence-electron chi connectivity index (χ3n) is 3.06. The monoisotopic (exact) mass is 214 g/mol. The molecule has 0 unspecified atom stereocenters. The first-order valence-corrected chi connectivity index (χ1v) is 5.67. The lowest BCUT2D eigenvalue weighted by Gasteiger charge is -2.41. The van der Waals surface area contributed by atoms with Gasteiger partial charge in [-0.1, -0.05) is 13.8 Å². The van der Waals surface area contributed by atoms with Crippen molar-refractivity contribution < 1.29 is 9.90 Å². The van der Waals surface area contributed by atoms with Crippen LogP contribution in [0, 0.1) is 5.92 Å². The Balaban J connectivity index is 2.40. The van der Waals surface area contributed by atoms with Crippen molar-refractivity contribution in [3.63, 3.8) is 0 Å². The third kappa shape index (κ3) is 3.18. The Hall–Kier alpha value is -0.610. The molecule has 88 valence electrons. The Morgan fingerprint density at radius 2 is 2.13 bits per heavy atom. The predicted octanol–water partition coefficient (Wildman–Crippen LogP) is 0.391. The van der Waals surface area contributed by atoms with Crippen molar-refractivity contribution in [3.8, 4) is 0 Å². The third-order valence-corrected chi connectivity index (χ3v) is 3.06. The van der Waals surface area contributed by atoms with Crippen LogP contribution in [-0.4, -0.2) is 29.2 Å². The smallest absolute Gasteiger partial charge is 0.237 e. The summed E-state index contributed by atoms with van der Waals surface area (Å²) in [5.41, 5.74) is 5.40. The van der Waals surface area contributed by atoms with Crippen LogP contribution in [0.1, 0.15) is 39.5 Å². The molecule has 4 heteroatoms. The molecule has 0 aromatic heterocycles. The summed E-state index contributed by atoms with van der Waals surface area (Å²) in [4.78, 5) is 11.7. The van der Waals surface area contributed by atoms with Crippen molar-refractivity contribution in [2.24, 2.45) is 11.7 Å². The molecule has 4 nitrogen and oxygen atoms in total. The summed E-state index contributed by atoms with van der Waals surface area (Å²) < 4.78 is 0. The van der Waals surface area contributed by atoms with Crippen molar-refractivity contribution in [2.75, 3.05) is 6.61 Å². The zero-order chi connectivity index (χ0) is 11.5. The highest BCUT2D eigenvalue weighted by molar-refractivity contribution is 5.82. The molecular weight excluding hydrogens is 192 g/mol. The molecular formula is C11H22N2O2. The minimum Gasteiger partial charge on any atom is -0.394 e. The second-order valence-electron chi connectivity index (χ2n) is 5.02. The summed E-state index contributed by atoms with van der Waals surface area (Å²) in [6, 6.07) is -0.450. The van der Waals surface area contributed by atoms with Gasteiger partial charge in [0.2, 0.25) is 5.91 Å². The van der Waals surface area contributed by atoms with Crippen molar-refractivity contribution in [3.05, 3.63) is 0 Å². The average Bonchev–Trinajstić information content (AvgIpc) is 2.09. The van der Waals surface area contributed by atoms with Gasteiger partial charge < -0.3 is 16.2 Å². The zero-order valence-electron chi connectivity index (χ0n) is 9.62. The lowest BCUT2D eigenvalue weighted by atomic mass is 9.77. The number of aliphatic hydroxyl groups excluding tert-OH is 1. The maximum Gasteiger partial charge on any atom is 0.237 e. The van der Waals surface area contributed by atoms with E-state index < -0.39 is 6.04 Å². The van der Waals surface area contributed by atoms with Gasteiger partial charge in [-0.2, -0.15) is 0 Å². The number of nitrogens with two attached hydrogens (primary N) is 1. The van der Waals surface area contributed by atoms with Crippen LogP contribution in [0.3, 0.4) is 0 Å². The summed E-state index contributed by atoms with van der Waals surface area (Å²) in [7, 11) is 0. The maximum atomic E-state index is 11.7. The average molecular weight is 214 g/mol. The Morgan fingerprint density at radius 3 is 2.47 bits per heavy atom. The fourth-order valence-electron chi connectivity index (χ4n) is 1.90. The first kappa shape index (κ1) is 12.5. The maximum absolute atomic E-state index is 11.7. The van der Waals surface area contributed by atoms with E-state index in [1.165, 1.54) is 0 Å². The number of nitrogens with one attached hydrogen (secondary N) is 1. The quantitative estimate of drug-likeness (QED) is 0.619. The van der Waals surface area contributed by atoms with Crippen LogP contribution in [0.15, 0.2) is 0 Å². The number of carbonyl (C=O) groups is 1. The summed E-state index contributed by atoms with van der Waals surface area (Å²) in [5.74, 6) is 0.287. The summed E-state index contributed by atoms with van der Waals surface area (Å²) >= 11 is 0. The topological polar surface area (TPSA) is 75.4 Å². The number of hydrogen-bond acceptors (Lipinski definition) is 3. The summed E-state index contributed by atoms with van der Waals surface area (Å²) in [6.07, 6.45) is 3.49. The first-order valence-electron chi connectivity index (χ1n) is 5.67. The number of hydrogen-bond donors (Lipinski definition) is 3. The van der Waals surface area contributed by atoms with Crippen molar-refractivity contribution in [2.45, 2.75) is 51.1 Å². The largest absolute Gasteiger partial charge is 0.394 e. The predicted molar refractivity (Wildman–Crippen MR) is 59.2 cm³/mol. The van der Waals surface area contributed by atoms with E-state index in [-0.39, 0.29) is 18.1 Å². The molecule has 0 radical (unpaired) electrons. The normalized spacial score (nSPS) is 20.9. The number of amides is 1. The number of carbonyl (C=O) groups excluding carboxylic acids is 1. The van der Waals surface area contributed by atoms with Gasteiger partial charge in [-0.05, 0) is 31.6 Å². The molecule has 0 bridgehead atoms. The molecule has 1 aliphatic rings. The molecule has 4 N–H and O–H groups in total. The molecule has 1 atom stereocenters. The van der Waals surface area contributed by atoms with E-state index in [1.54, 1.807) is 0 Å². The SMILES string of the molecule is CC(C)C[C@H](N)C(=O)NC1(CO)CCC1. The zero-order valence-corrected chi connectivity index (χ0v) is 9.62. The standard InChI is InChI=1S/C11H22N2O2/c1-8(2)6-9(12)10(15)13-11(7-14)4-3-5-11/h8-9,14H,3-7,12H2,1-2H3,(H,13,15)/t9-/m0/s1. The van der Waals surface area contributed by atoms with Crippen LogP contribution >= 0.6 is 0 Å². The highest BCUT2D eigenvalue weighted by Gasteiger charge is 2.38. The molecule has 0 spiro atoms. The van der Waals surface area contributed by atoms with Crippen molar-refractivity contribution in [1.29, 1.82) is 0 Å². The van der Waals surface area contributed by atoms with Gasteiger partial charge in [0.05, 0.1) is 18.2 Å². The Bertz CT molecular complexity index is 219. The van der Waals surface area contributed by atoms with E-state index in [9.17, 15) is 9.90 Å². The Kier molecular flexibility index (Phi) is 4.11. The van der Waals surface area contributed by atoms with Crippen LogP contribution < -0.4 is 11.1 Å². The van der Waals surface area contributed by atoms with E-state index in [1.807, 2.05) is 13.8 Å². The fourth-order valence-corrected chi connectivity index (χ4v) is 1.90. The van der Waals surface area contributed by atoms with E-state index in [0.29, 0.717) is 12.3 Å². The van der Waals surface area contributed by atoms with Gasteiger partial charge in [-0.25, -0.2) is 0 Å². The van der Waals surface area contributed by atoms with Crippen LogP contribution in [0.2, 0.25) is 0 Å². The highest BCUT2D eigenvalue weighted by atomic mass is 16.3. The molecule has 0 heterocycles. The highest BCUT2D eigenvalue weighted by Crippen LogP contribution is 2.31. The molecule has 0 aromatic rings.